The summed E-state index contributed by atoms with van der Waals surface area (Å²) in [7, 11) is 0. The van der Waals surface area contributed by atoms with Crippen molar-refractivity contribution in [3.05, 3.63) is 29.9 Å². The van der Waals surface area contributed by atoms with E-state index in [0.717, 1.165) is 48.2 Å². The molecule has 1 fully saturated rings. The predicted octanol–water partition coefficient (Wildman–Crippen LogP) is 3.31. The second-order valence-corrected chi connectivity index (χ2v) is 6.12. The zero-order chi connectivity index (χ0) is 14.9. The van der Waals surface area contributed by atoms with Crippen molar-refractivity contribution in [3.8, 4) is 11.3 Å². The largest absolute Gasteiger partial charge is 0.345 e. The molecule has 1 aliphatic heterocycles. The number of carbonyl (C=O) groups excluding carboxylic acids is 1. The molecule has 4 heterocycles. The van der Waals surface area contributed by atoms with E-state index in [1.165, 1.54) is 11.3 Å². The number of hydrogen-bond donors (Lipinski definition) is 2. The summed E-state index contributed by atoms with van der Waals surface area (Å²) in [5, 5.41) is 6.50. The molecule has 0 radical (unpaired) electrons. The topological polar surface area (TPSA) is 73.9 Å². The fourth-order valence-electron chi connectivity index (χ4n) is 2.71. The first-order valence-electron chi connectivity index (χ1n) is 7.25. The molecular weight excluding hydrogens is 298 g/mol. The van der Waals surface area contributed by atoms with Gasteiger partial charge in [0.2, 0.25) is 0 Å². The normalized spacial score (nSPS) is 14.6. The first-order chi connectivity index (χ1) is 10.8. The molecule has 22 heavy (non-hydrogen) atoms. The highest BCUT2D eigenvalue weighted by Crippen LogP contribution is 2.30. The van der Waals surface area contributed by atoms with Crippen molar-refractivity contribution < 1.29 is 4.79 Å². The summed E-state index contributed by atoms with van der Waals surface area (Å²) in [6.07, 6.45) is 5.82. The highest BCUT2D eigenvalue weighted by atomic mass is 32.1. The van der Waals surface area contributed by atoms with Crippen LogP contribution in [0.15, 0.2) is 29.9 Å². The Labute approximate surface area is 131 Å². The van der Waals surface area contributed by atoms with Crippen LogP contribution in [-0.2, 0) is 0 Å². The van der Waals surface area contributed by atoms with Crippen LogP contribution in [0.25, 0.3) is 22.3 Å². The number of H-pyrrole nitrogens is 1. The van der Waals surface area contributed by atoms with Crippen LogP contribution in [0.4, 0.5) is 9.93 Å². The number of aromatic nitrogens is 3. The fraction of sp³-hybridized carbons (Fsp3) is 0.267. The van der Waals surface area contributed by atoms with Crippen molar-refractivity contribution in [2.24, 2.45) is 0 Å². The molecule has 112 valence electrons. The van der Waals surface area contributed by atoms with Gasteiger partial charge in [0.25, 0.3) is 0 Å². The van der Waals surface area contributed by atoms with Crippen molar-refractivity contribution in [1.82, 2.24) is 19.9 Å². The van der Waals surface area contributed by atoms with Gasteiger partial charge in [-0.15, -0.1) is 11.3 Å². The molecule has 1 saturated heterocycles. The standard InChI is InChI=1S/C15H15N5OS/c21-15(20-6-1-2-7-20)19-14-18-12(9-22-14)11-8-17-13-10(11)4-3-5-16-13/h3-5,8-9H,1-2,6-7H2,(H,16,17)(H,18,19,21). The van der Waals surface area contributed by atoms with Crippen LogP contribution in [0.5, 0.6) is 0 Å². The maximum Gasteiger partial charge on any atom is 0.323 e. The molecule has 0 aromatic carbocycles. The van der Waals surface area contributed by atoms with Gasteiger partial charge in [0.1, 0.15) is 5.65 Å². The minimum absolute atomic E-state index is 0.0565. The maximum absolute atomic E-state index is 12.1. The van der Waals surface area contributed by atoms with Gasteiger partial charge in [0.15, 0.2) is 5.13 Å². The number of urea groups is 1. The van der Waals surface area contributed by atoms with E-state index in [-0.39, 0.29) is 6.03 Å². The first-order valence-corrected chi connectivity index (χ1v) is 8.13. The zero-order valence-corrected chi connectivity index (χ0v) is 12.7. The van der Waals surface area contributed by atoms with Gasteiger partial charge in [-0.25, -0.2) is 14.8 Å². The highest BCUT2D eigenvalue weighted by Gasteiger charge is 2.19. The lowest BCUT2D eigenvalue weighted by Gasteiger charge is -2.14. The van der Waals surface area contributed by atoms with Crippen molar-refractivity contribution in [3.63, 3.8) is 0 Å². The number of aromatic amines is 1. The number of hydrogen-bond acceptors (Lipinski definition) is 4. The molecular formula is C15H15N5OS. The number of likely N-dealkylation sites (tertiary alicyclic amines) is 1. The first kappa shape index (κ1) is 13.3. The molecule has 7 heteroatoms. The van der Waals surface area contributed by atoms with E-state index in [0.29, 0.717) is 5.13 Å². The highest BCUT2D eigenvalue weighted by molar-refractivity contribution is 7.14. The van der Waals surface area contributed by atoms with Crippen LogP contribution in [0.3, 0.4) is 0 Å². The predicted molar refractivity (Wildman–Crippen MR) is 87.0 cm³/mol. The van der Waals surface area contributed by atoms with Crippen molar-refractivity contribution >= 4 is 33.5 Å². The van der Waals surface area contributed by atoms with E-state index in [1.54, 1.807) is 6.20 Å². The molecule has 6 nitrogen and oxygen atoms in total. The number of pyridine rings is 1. The Hall–Kier alpha value is -2.41. The third-order valence-corrected chi connectivity index (χ3v) is 4.60. The second kappa shape index (κ2) is 5.42. The van der Waals surface area contributed by atoms with Crippen molar-refractivity contribution in [2.75, 3.05) is 18.4 Å². The minimum Gasteiger partial charge on any atom is -0.345 e. The number of anilines is 1. The van der Waals surface area contributed by atoms with Crippen LogP contribution in [-0.4, -0.2) is 39.0 Å². The third-order valence-electron chi connectivity index (χ3n) is 3.84. The summed E-state index contributed by atoms with van der Waals surface area (Å²) in [5.41, 5.74) is 2.69. The summed E-state index contributed by atoms with van der Waals surface area (Å²) >= 11 is 1.44. The average molecular weight is 313 g/mol. The van der Waals surface area contributed by atoms with E-state index >= 15 is 0 Å². The maximum atomic E-state index is 12.1. The van der Waals surface area contributed by atoms with E-state index in [4.69, 9.17) is 0 Å². The Morgan fingerprint density at radius 2 is 2.23 bits per heavy atom. The van der Waals surface area contributed by atoms with Gasteiger partial charge in [-0.05, 0) is 25.0 Å². The summed E-state index contributed by atoms with van der Waals surface area (Å²) in [6.45, 7) is 1.66. The molecule has 1 aliphatic rings. The van der Waals surface area contributed by atoms with Gasteiger partial charge < -0.3 is 9.88 Å². The second-order valence-electron chi connectivity index (χ2n) is 5.26. The molecule has 0 atom stereocenters. The van der Waals surface area contributed by atoms with Gasteiger partial charge in [0.05, 0.1) is 5.69 Å². The van der Waals surface area contributed by atoms with Crippen LogP contribution in [0.1, 0.15) is 12.8 Å². The molecule has 2 amide bonds. The van der Waals surface area contributed by atoms with Crippen LogP contribution in [0.2, 0.25) is 0 Å². The summed E-state index contributed by atoms with van der Waals surface area (Å²) < 4.78 is 0. The molecule has 3 aromatic rings. The summed E-state index contributed by atoms with van der Waals surface area (Å²) in [5.74, 6) is 0. The Morgan fingerprint density at radius 3 is 3.09 bits per heavy atom. The van der Waals surface area contributed by atoms with Crippen molar-refractivity contribution in [2.45, 2.75) is 12.8 Å². The number of nitrogens with one attached hydrogen (secondary N) is 2. The van der Waals surface area contributed by atoms with Crippen LogP contribution in [0, 0.1) is 0 Å². The molecule has 2 N–H and O–H groups in total. The lowest BCUT2D eigenvalue weighted by Crippen LogP contribution is -2.32. The van der Waals surface area contributed by atoms with E-state index < -0.39 is 0 Å². The Morgan fingerprint density at radius 1 is 1.36 bits per heavy atom. The van der Waals surface area contributed by atoms with E-state index in [2.05, 4.69) is 20.3 Å². The van der Waals surface area contributed by atoms with Gasteiger partial charge in [0, 0.05) is 41.8 Å². The van der Waals surface area contributed by atoms with Crippen LogP contribution >= 0.6 is 11.3 Å². The smallest absolute Gasteiger partial charge is 0.323 e. The van der Waals surface area contributed by atoms with Gasteiger partial charge >= 0.3 is 6.03 Å². The van der Waals surface area contributed by atoms with E-state index in [9.17, 15) is 4.79 Å². The average Bonchev–Trinajstić information content (AvgIpc) is 3.27. The molecule has 4 rings (SSSR count). The number of rotatable bonds is 2. The van der Waals surface area contributed by atoms with Crippen molar-refractivity contribution in [1.29, 1.82) is 0 Å². The Kier molecular flexibility index (Phi) is 3.27. The zero-order valence-electron chi connectivity index (χ0n) is 11.9. The third kappa shape index (κ3) is 2.33. The molecule has 0 aliphatic carbocycles. The Balaban J connectivity index is 1.57. The number of fused-ring (bicyclic) bond motifs is 1. The molecule has 0 spiro atoms. The molecule has 0 bridgehead atoms. The molecule has 0 unspecified atom stereocenters. The van der Waals surface area contributed by atoms with Gasteiger partial charge in [-0.2, -0.15) is 0 Å². The van der Waals surface area contributed by atoms with Gasteiger partial charge in [-0.3, -0.25) is 5.32 Å². The Bertz CT molecular complexity index is 818. The number of amides is 2. The quantitative estimate of drug-likeness (QED) is 0.762. The van der Waals surface area contributed by atoms with Crippen LogP contribution < -0.4 is 5.32 Å². The minimum atomic E-state index is -0.0565. The number of carbonyl (C=O) groups is 1. The monoisotopic (exact) mass is 313 g/mol. The lowest BCUT2D eigenvalue weighted by molar-refractivity contribution is 0.222. The number of thiazole rings is 1. The fourth-order valence-corrected chi connectivity index (χ4v) is 3.41. The molecule has 3 aromatic heterocycles. The van der Waals surface area contributed by atoms with E-state index in [1.807, 2.05) is 28.6 Å². The molecule has 0 saturated carbocycles. The summed E-state index contributed by atoms with van der Waals surface area (Å²) in [6, 6.07) is 3.86. The summed E-state index contributed by atoms with van der Waals surface area (Å²) in [4.78, 5) is 25.9. The number of nitrogens with zero attached hydrogens (tertiary/aromatic N) is 3. The van der Waals surface area contributed by atoms with Gasteiger partial charge in [-0.1, -0.05) is 0 Å². The SMILES string of the molecule is O=C(Nc1nc(-c2c[nH]c3ncccc23)cs1)N1CCCC1. The lowest BCUT2D eigenvalue weighted by atomic mass is 10.2.